The fourth-order valence-electron chi connectivity index (χ4n) is 3.96. The van der Waals surface area contributed by atoms with E-state index in [9.17, 15) is 34.5 Å². The molecular weight excluding hydrogens is 510 g/mol. The van der Waals surface area contributed by atoms with Gasteiger partial charge in [0.1, 0.15) is 18.1 Å². The van der Waals surface area contributed by atoms with Crippen molar-refractivity contribution in [2.75, 3.05) is 0 Å². The number of aromatic amines is 2. The lowest BCUT2D eigenvalue weighted by Crippen LogP contribution is -2.59. The number of carbonyl (C=O) groups is 4. The lowest BCUT2D eigenvalue weighted by atomic mass is 10.0. The first kappa shape index (κ1) is 29.3. The van der Waals surface area contributed by atoms with Gasteiger partial charge in [-0.1, -0.05) is 18.2 Å². The van der Waals surface area contributed by atoms with Crippen molar-refractivity contribution >= 4 is 34.6 Å². The van der Waals surface area contributed by atoms with Gasteiger partial charge in [0.15, 0.2) is 6.04 Å². The first-order chi connectivity index (χ1) is 18.5. The zero-order valence-corrected chi connectivity index (χ0v) is 21.4. The number of rotatable bonds is 13. The average molecular weight is 544 g/mol. The SMILES string of the molecule is CC(O)C(N)C(=O)NC(Cc1cnc[nH]1)C(=O)NC(Cc1c[nH]c2ccccc12)C(=O)NC(C(=O)O)C(C)O. The summed E-state index contributed by atoms with van der Waals surface area (Å²) in [5.74, 6) is -3.86. The van der Waals surface area contributed by atoms with Crippen LogP contribution in [0.1, 0.15) is 25.1 Å². The summed E-state index contributed by atoms with van der Waals surface area (Å²) >= 11 is 0. The molecule has 14 nitrogen and oxygen atoms in total. The lowest BCUT2D eigenvalue weighted by molar-refractivity contribution is -0.145. The van der Waals surface area contributed by atoms with Gasteiger partial charge < -0.3 is 47.0 Å². The minimum atomic E-state index is -1.62. The molecule has 0 saturated carbocycles. The Balaban J connectivity index is 1.89. The van der Waals surface area contributed by atoms with Crippen LogP contribution in [0.2, 0.25) is 0 Å². The van der Waals surface area contributed by atoms with E-state index in [1.165, 1.54) is 26.4 Å². The van der Waals surface area contributed by atoms with Gasteiger partial charge in [0.25, 0.3) is 0 Å². The predicted octanol–water partition coefficient (Wildman–Crippen LogP) is -1.70. The van der Waals surface area contributed by atoms with Crippen molar-refractivity contribution in [2.24, 2.45) is 5.73 Å². The molecule has 6 unspecified atom stereocenters. The third-order valence-electron chi connectivity index (χ3n) is 6.21. The molecule has 14 heteroatoms. The number of imidazole rings is 1. The van der Waals surface area contributed by atoms with Gasteiger partial charge in [0, 0.05) is 41.8 Å². The van der Waals surface area contributed by atoms with E-state index in [-0.39, 0.29) is 12.8 Å². The van der Waals surface area contributed by atoms with Crippen molar-refractivity contribution in [2.45, 2.75) is 63.1 Å². The maximum Gasteiger partial charge on any atom is 0.328 e. The highest BCUT2D eigenvalue weighted by atomic mass is 16.4. The van der Waals surface area contributed by atoms with E-state index in [0.29, 0.717) is 11.3 Å². The van der Waals surface area contributed by atoms with Crippen LogP contribution >= 0.6 is 0 Å². The zero-order chi connectivity index (χ0) is 28.7. The van der Waals surface area contributed by atoms with Crippen molar-refractivity contribution in [3.05, 3.63) is 54.2 Å². The molecule has 0 saturated heterocycles. The Morgan fingerprint density at radius 1 is 0.923 bits per heavy atom. The van der Waals surface area contributed by atoms with Crippen LogP contribution in [-0.2, 0) is 32.0 Å². The van der Waals surface area contributed by atoms with Crippen LogP contribution in [0.3, 0.4) is 0 Å². The van der Waals surface area contributed by atoms with Gasteiger partial charge in [-0.3, -0.25) is 14.4 Å². The number of aromatic nitrogens is 3. The third kappa shape index (κ3) is 7.63. The molecule has 0 aliphatic heterocycles. The summed E-state index contributed by atoms with van der Waals surface area (Å²) in [7, 11) is 0. The highest BCUT2D eigenvalue weighted by Gasteiger charge is 2.33. The summed E-state index contributed by atoms with van der Waals surface area (Å²) < 4.78 is 0. The molecule has 0 bridgehead atoms. The summed E-state index contributed by atoms with van der Waals surface area (Å²) in [5, 5.41) is 37.1. The third-order valence-corrected chi connectivity index (χ3v) is 6.21. The van der Waals surface area contributed by atoms with E-state index in [0.717, 1.165) is 10.9 Å². The predicted molar refractivity (Wildman–Crippen MR) is 139 cm³/mol. The Morgan fingerprint density at radius 2 is 1.56 bits per heavy atom. The molecule has 2 heterocycles. The van der Waals surface area contributed by atoms with Crippen LogP contribution in [-0.4, -0.2) is 90.3 Å². The monoisotopic (exact) mass is 543 g/mol. The summed E-state index contributed by atoms with van der Waals surface area (Å²) in [6, 6.07) is 1.85. The number of carbonyl (C=O) groups excluding carboxylic acids is 3. The molecule has 3 amide bonds. The van der Waals surface area contributed by atoms with Gasteiger partial charge in [0.05, 0.1) is 18.5 Å². The molecule has 39 heavy (non-hydrogen) atoms. The van der Waals surface area contributed by atoms with Crippen molar-refractivity contribution in [3.8, 4) is 0 Å². The molecule has 10 N–H and O–H groups in total. The number of carboxylic acid groups (broad SMARTS) is 1. The fourth-order valence-corrected chi connectivity index (χ4v) is 3.96. The minimum absolute atomic E-state index is 0.0361. The van der Waals surface area contributed by atoms with Crippen LogP contribution < -0.4 is 21.7 Å². The molecule has 1 aromatic carbocycles. The Morgan fingerprint density at radius 3 is 2.18 bits per heavy atom. The van der Waals surface area contributed by atoms with E-state index in [4.69, 9.17) is 5.73 Å². The van der Waals surface area contributed by atoms with Crippen molar-refractivity contribution in [1.82, 2.24) is 30.9 Å². The van der Waals surface area contributed by atoms with Gasteiger partial charge in [-0.2, -0.15) is 0 Å². The van der Waals surface area contributed by atoms with E-state index < -0.39 is 60.1 Å². The number of nitrogens with two attached hydrogens (primary N) is 1. The maximum absolute atomic E-state index is 13.4. The van der Waals surface area contributed by atoms with Crippen LogP contribution in [0, 0.1) is 0 Å². The zero-order valence-electron chi connectivity index (χ0n) is 21.4. The number of hydrogen-bond acceptors (Lipinski definition) is 8. The molecule has 6 atom stereocenters. The number of para-hydroxylation sites is 1. The Hall–Kier alpha value is -4.27. The van der Waals surface area contributed by atoms with Crippen LogP contribution in [0.4, 0.5) is 0 Å². The Labute approximate surface area is 223 Å². The van der Waals surface area contributed by atoms with Crippen molar-refractivity contribution in [1.29, 1.82) is 0 Å². The summed E-state index contributed by atoms with van der Waals surface area (Å²) in [6.07, 6.45) is 1.84. The van der Waals surface area contributed by atoms with Gasteiger partial charge in [0.2, 0.25) is 17.7 Å². The fraction of sp³-hybridized carbons (Fsp3) is 0.400. The quantitative estimate of drug-likeness (QED) is 0.119. The normalized spacial score (nSPS) is 15.9. The molecule has 3 aromatic rings. The number of nitrogens with one attached hydrogen (secondary N) is 5. The van der Waals surface area contributed by atoms with E-state index in [1.807, 2.05) is 24.3 Å². The number of hydrogen-bond donors (Lipinski definition) is 9. The summed E-state index contributed by atoms with van der Waals surface area (Å²) in [4.78, 5) is 60.7. The van der Waals surface area contributed by atoms with Gasteiger partial charge in [-0.05, 0) is 25.5 Å². The number of aliphatic carboxylic acids is 1. The molecule has 0 aliphatic carbocycles. The second-order valence-electron chi connectivity index (χ2n) is 9.30. The highest BCUT2D eigenvalue weighted by Crippen LogP contribution is 2.19. The van der Waals surface area contributed by atoms with Gasteiger partial charge in [-0.15, -0.1) is 0 Å². The summed E-state index contributed by atoms with van der Waals surface area (Å²) in [5.41, 5.74) is 7.68. The number of fused-ring (bicyclic) bond motifs is 1. The van der Waals surface area contributed by atoms with Crippen LogP contribution in [0.25, 0.3) is 10.9 Å². The highest BCUT2D eigenvalue weighted by molar-refractivity contribution is 5.95. The number of benzene rings is 1. The standard InChI is InChI=1S/C25H33N7O7/c1-12(33)20(26)24(37)31-19(8-15-10-27-11-29-15)22(35)30-18(23(36)32-21(13(2)34)25(38)39)7-14-9-28-17-6-4-3-5-16(14)17/h3-6,9-13,18-21,28,33-34H,7-8,26H2,1-2H3,(H,27,29)(H,30,35)(H,31,37)(H,32,36)(H,38,39). The largest absolute Gasteiger partial charge is 0.480 e. The number of aliphatic hydroxyl groups excluding tert-OH is 2. The number of carboxylic acids is 1. The molecule has 210 valence electrons. The van der Waals surface area contributed by atoms with Crippen molar-refractivity contribution in [3.63, 3.8) is 0 Å². The molecule has 2 aromatic heterocycles. The smallest absolute Gasteiger partial charge is 0.328 e. The molecule has 0 radical (unpaired) electrons. The maximum atomic E-state index is 13.4. The Kier molecular flexibility index (Phi) is 9.76. The first-order valence-corrected chi connectivity index (χ1v) is 12.3. The van der Waals surface area contributed by atoms with Crippen LogP contribution in [0.15, 0.2) is 43.0 Å². The minimum Gasteiger partial charge on any atom is -0.480 e. The number of nitrogens with zero attached hydrogens (tertiary/aromatic N) is 1. The van der Waals surface area contributed by atoms with Crippen LogP contribution in [0.5, 0.6) is 0 Å². The second kappa shape index (κ2) is 13.0. The molecule has 0 aliphatic rings. The molecule has 0 fully saturated rings. The van der Waals surface area contributed by atoms with Gasteiger partial charge >= 0.3 is 5.97 Å². The Bertz CT molecular complexity index is 1290. The van der Waals surface area contributed by atoms with Gasteiger partial charge in [-0.25, -0.2) is 9.78 Å². The molecule has 3 rings (SSSR count). The topological polar surface area (TPSA) is 236 Å². The number of aliphatic hydroxyl groups is 2. The molecular formula is C25H33N7O7. The number of H-pyrrole nitrogens is 2. The van der Waals surface area contributed by atoms with E-state index >= 15 is 0 Å². The average Bonchev–Trinajstić information content (AvgIpc) is 3.55. The van der Waals surface area contributed by atoms with E-state index in [1.54, 1.807) is 6.20 Å². The second-order valence-corrected chi connectivity index (χ2v) is 9.30. The van der Waals surface area contributed by atoms with Crippen molar-refractivity contribution < 1.29 is 34.5 Å². The molecule has 0 spiro atoms. The number of amides is 3. The lowest BCUT2D eigenvalue weighted by Gasteiger charge is -2.26. The van der Waals surface area contributed by atoms with E-state index in [2.05, 4.69) is 30.9 Å². The first-order valence-electron chi connectivity index (χ1n) is 12.3. The summed E-state index contributed by atoms with van der Waals surface area (Å²) in [6.45, 7) is 2.55.